The molecule has 0 fully saturated rings. The molecule has 0 unspecified atom stereocenters. The first kappa shape index (κ1) is 18.0. The molecule has 0 aliphatic carbocycles. The molecule has 6 heteroatoms. The minimum atomic E-state index is -0.404. The highest BCUT2D eigenvalue weighted by Crippen LogP contribution is 2.29. The molecule has 0 radical (unpaired) electrons. The lowest BCUT2D eigenvalue weighted by molar-refractivity contribution is 0.252. The molecule has 0 saturated carbocycles. The Labute approximate surface area is 157 Å². The summed E-state index contributed by atoms with van der Waals surface area (Å²) >= 11 is 6.53. The van der Waals surface area contributed by atoms with Crippen LogP contribution in [0.15, 0.2) is 53.6 Å². The van der Waals surface area contributed by atoms with Crippen LogP contribution in [0, 0.1) is 6.92 Å². The molecule has 2 N–H and O–H groups in total. The van der Waals surface area contributed by atoms with Crippen molar-refractivity contribution < 1.29 is 4.79 Å². The number of urea groups is 1. The number of aromatic nitrogens is 1. The van der Waals surface area contributed by atoms with Crippen LogP contribution in [0.2, 0.25) is 5.15 Å². The van der Waals surface area contributed by atoms with Crippen molar-refractivity contribution >= 4 is 40.4 Å². The molecule has 1 heterocycles. The van der Waals surface area contributed by atoms with Gasteiger partial charge < -0.3 is 9.88 Å². The molecule has 3 rings (SSSR count). The fourth-order valence-electron chi connectivity index (χ4n) is 2.82. The number of nitrogens with zero attached hydrogens (tertiary/aromatic N) is 2. The molecule has 0 atom stereocenters. The molecule has 26 heavy (non-hydrogen) atoms. The SMILES string of the molecule is CCCn1c(Cl)c(/C=N/NC(=O)Nc2ccc(C)cc2)c2ccccc21. The number of benzene rings is 2. The zero-order valence-corrected chi connectivity index (χ0v) is 15.5. The number of hydrogen-bond acceptors (Lipinski definition) is 2. The third-order valence-electron chi connectivity index (χ3n) is 4.06. The summed E-state index contributed by atoms with van der Waals surface area (Å²) in [6.07, 6.45) is 2.57. The number of para-hydroxylation sites is 1. The Morgan fingerprint density at radius 1 is 1.19 bits per heavy atom. The maximum Gasteiger partial charge on any atom is 0.339 e. The van der Waals surface area contributed by atoms with E-state index >= 15 is 0 Å². The molecule has 1 aromatic heterocycles. The van der Waals surface area contributed by atoms with Gasteiger partial charge in [0.1, 0.15) is 5.15 Å². The van der Waals surface area contributed by atoms with Crippen molar-refractivity contribution in [1.82, 2.24) is 9.99 Å². The van der Waals surface area contributed by atoms with Gasteiger partial charge in [0.05, 0.1) is 6.21 Å². The maximum atomic E-state index is 12.0. The second-order valence-electron chi connectivity index (χ2n) is 6.06. The van der Waals surface area contributed by atoms with Gasteiger partial charge in [-0.05, 0) is 31.5 Å². The highest BCUT2D eigenvalue weighted by Gasteiger charge is 2.13. The summed E-state index contributed by atoms with van der Waals surface area (Å²) in [6, 6.07) is 15.1. The maximum absolute atomic E-state index is 12.0. The zero-order valence-electron chi connectivity index (χ0n) is 14.8. The van der Waals surface area contributed by atoms with E-state index in [2.05, 4.69) is 27.3 Å². The first-order chi connectivity index (χ1) is 12.6. The van der Waals surface area contributed by atoms with Crippen LogP contribution in [0.5, 0.6) is 0 Å². The predicted octanol–water partition coefficient (Wildman–Crippen LogP) is 5.17. The van der Waals surface area contributed by atoms with Crippen LogP contribution in [0.4, 0.5) is 10.5 Å². The Balaban J connectivity index is 1.75. The van der Waals surface area contributed by atoms with Crippen LogP contribution in [0.25, 0.3) is 10.9 Å². The molecule has 3 aromatic rings. The molecule has 5 nitrogen and oxygen atoms in total. The summed E-state index contributed by atoms with van der Waals surface area (Å²) in [6.45, 7) is 4.93. The normalized spacial score (nSPS) is 11.2. The summed E-state index contributed by atoms with van der Waals surface area (Å²) in [5, 5.41) is 8.42. The van der Waals surface area contributed by atoms with E-state index in [0.29, 0.717) is 10.8 Å². The van der Waals surface area contributed by atoms with E-state index in [-0.39, 0.29) is 0 Å². The van der Waals surface area contributed by atoms with Gasteiger partial charge >= 0.3 is 6.03 Å². The van der Waals surface area contributed by atoms with Gasteiger partial charge in [-0.2, -0.15) is 5.10 Å². The molecule has 0 spiro atoms. The summed E-state index contributed by atoms with van der Waals surface area (Å²) in [4.78, 5) is 12.0. The van der Waals surface area contributed by atoms with Crippen molar-refractivity contribution in [3.05, 3.63) is 64.8 Å². The number of aryl methyl sites for hydroxylation is 2. The van der Waals surface area contributed by atoms with E-state index in [4.69, 9.17) is 11.6 Å². The lowest BCUT2D eigenvalue weighted by atomic mass is 10.2. The minimum absolute atomic E-state index is 0.404. The van der Waals surface area contributed by atoms with Gasteiger partial charge in [0.2, 0.25) is 0 Å². The number of halogens is 1. The van der Waals surface area contributed by atoms with Crippen molar-refractivity contribution in [2.24, 2.45) is 5.10 Å². The number of anilines is 1. The van der Waals surface area contributed by atoms with Gasteiger partial charge in [0.25, 0.3) is 0 Å². The third-order valence-corrected chi connectivity index (χ3v) is 4.47. The highest BCUT2D eigenvalue weighted by atomic mass is 35.5. The first-order valence-electron chi connectivity index (χ1n) is 8.53. The Hall–Kier alpha value is -2.79. The average Bonchev–Trinajstić information content (AvgIpc) is 2.90. The van der Waals surface area contributed by atoms with Gasteiger partial charge in [-0.15, -0.1) is 0 Å². The number of carbonyl (C=O) groups is 1. The molecule has 2 amide bonds. The molecule has 0 aliphatic rings. The van der Waals surface area contributed by atoms with Crippen molar-refractivity contribution in [3.8, 4) is 0 Å². The molecular weight excluding hydrogens is 348 g/mol. The van der Waals surface area contributed by atoms with Crippen molar-refractivity contribution in [1.29, 1.82) is 0 Å². The van der Waals surface area contributed by atoms with E-state index in [1.807, 2.05) is 55.5 Å². The Kier molecular flexibility index (Phi) is 5.58. The largest absolute Gasteiger partial charge is 0.339 e. The second kappa shape index (κ2) is 8.06. The number of amides is 2. The standard InChI is InChI=1S/C20H21ClN4O/c1-3-12-25-18-7-5-4-6-16(18)17(19(25)21)13-22-24-20(26)23-15-10-8-14(2)9-11-15/h4-11,13H,3,12H2,1-2H3,(H2,23,24,26)/b22-13+. The molecule has 0 bridgehead atoms. The predicted molar refractivity (Wildman–Crippen MR) is 108 cm³/mol. The summed E-state index contributed by atoms with van der Waals surface area (Å²) < 4.78 is 2.06. The van der Waals surface area contributed by atoms with Crippen LogP contribution < -0.4 is 10.7 Å². The van der Waals surface area contributed by atoms with Gasteiger partial charge in [-0.3, -0.25) is 0 Å². The van der Waals surface area contributed by atoms with Gasteiger partial charge in [-0.25, -0.2) is 10.2 Å². The van der Waals surface area contributed by atoms with Crippen LogP contribution >= 0.6 is 11.6 Å². The number of rotatable bonds is 5. The number of carbonyl (C=O) groups excluding carboxylic acids is 1. The Morgan fingerprint density at radius 3 is 2.65 bits per heavy atom. The van der Waals surface area contributed by atoms with Crippen LogP contribution in [-0.2, 0) is 6.54 Å². The van der Waals surface area contributed by atoms with Crippen molar-refractivity contribution in [3.63, 3.8) is 0 Å². The van der Waals surface area contributed by atoms with E-state index in [0.717, 1.165) is 35.0 Å². The molecule has 134 valence electrons. The van der Waals surface area contributed by atoms with E-state index in [1.165, 1.54) is 0 Å². The summed E-state index contributed by atoms with van der Waals surface area (Å²) in [7, 11) is 0. The summed E-state index contributed by atoms with van der Waals surface area (Å²) in [5.41, 5.74) is 6.18. The topological polar surface area (TPSA) is 58.4 Å². The van der Waals surface area contributed by atoms with Gasteiger partial charge in [-0.1, -0.05) is 54.4 Å². The number of hydrazone groups is 1. The second-order valence-corrected chi connectivity index (χ2v) is 6.42. The van der Waals surface area contributed by atoms with Gasteiger partial charge in [0, 0.05) is 28.7 Å². The fraction of sp³-hybridized carbons (Fsp3) is 0.200. The van der Waals surface area contributed by atoms with Crippen LogP contribution in [0.1, 0.15) is 24.5 Å². The fourth-order valence-corrected chi connectivity index (χ4v) is 3.14. The van der Waals surface area contributed by atoms with E-state index in [9.17, 15) is 4.79 Å². The highest BCUT2D eigenvalue weighted by molar-refractivity contribution is 6.34. The lowest BCUT2D eigenvalue weighted by Crippen LogP contribution is -2.24. The molecular formula is C20H21ClN4O. The monoisotopic (exact) mass is 368 g/mol. The Morgan fingerprint density at radius 2 is 1.92 bits per heavy atom. The quantitative estimate of drug-likeness (QED) is 0.473. The average molecular weight is 369 g/mol. The van der Waals surface area contributed by atoms with Crippen LogP contribution in [0.3, 0.4) is 0 Å². The van der Waals surface area contributed by atoms with Crippen molar-refractivity contribution in [2.45, 2.75) is 26.8 Å². The summed E-state index contributed by atoms with van der Waals surface area (Å²) in [5.74, 6) is 0. The first-order valence-corrected chi connectivity index (χ1v) is 8.91. The molecule has 2 aromatic carbocycles. The molecule has 0 aliphatic heterocycles. The number of nitrogens with one attached hydrogen (secondary N) is 2. The van der Waals surface area contributed by atoms with Gasteiger partial charge in [0.15, 0.2) is 0 Å². The van der Waals surface area contributed by atoms with E-state index in [1.54, 1.807) is 6.21 Å². The number of hydrogen-bond donors (Lipinski definition) is 2. The van der Waals surface area contributed by atoms with Crippen LogP contribution in [-0.4, -0.2) is 16.8 Å². The Bertz CT molecular complexity index is 944. The molecule has 0 saturated heterocycles. The van der Waals surface area contributed by atoms with E-state index < -0.39 is 6.03 Å². The van der Waals surface area contributed by atoms with Crippen molar-refractivity contribution in [2.75, 3.05) is 5.32 Å². The minimum Gasteiger partial charge on any atom is -0.331 e. The lowest BCUT2D eigenvalue weighted by Gasteiger charge is -2.04. The smallest absolute Gasteiger partial charge is 0.331 e. The third kappa shape index (κ3) is 3.89. The number of fused-ring (bicyclic) bond motifs is 1. The zero-order chi connectivity index (χ0) is 18.5.